The van der Waals surface area contributed by atoms with Gasteiger partial charge in [0.25, 0.3) is 0 Å². The average Bonchev–Trinajstić information content (AvgIpc) is 2.99. The van der Waals surface area contributed by atoms with E-state index < -0.39 is 0 Å². The van der Waals surface area contributed by atoms with Gasteiger partial charge in [-0.1, -0.05) is 26.0 Å². The molecule has 1 atom stereocenters. The molecule has 0 saturated carbocycles. The van der Waals surface area contributed by atoms with Crippen molar-refractivity contribution < 1.29 is 9.59 Å². The lowest BCUT2D eigenvalue weighted by molar-refractivity contribution is -0.122. The Morgan fingerprint density at radius 1 is 1.27 bits per heavy atom. The summed E-state index contributed by atoms with van der Waals surface area (Å²) < 4.78 is 0. The van der Waals surface area contributed by atoms with Crippen LogP contribution in [0.2, 0.25) is 0 Å². The van der Waals surface area contributed by atoms with E-state index in [1.807, 2.05) is 38.1 Å². The number of nitrogens with one attached hydrogen (secondary N) is 3. The zero-order valence-electron chi connectivity index (χ0n) is 13.3. The minimum atomic E-state index is -0.0379. The summed E-state index contributed by atoms with van der Waals surface area (Å²) in [6, 6.07) is 7.58. The standard InChI is InChI=1S/C17H25N3O2/c1-12(2)17(22)20-15-5-3-13(4-6-15)11-19-16(21)9-14-7-8-18-10-14/h3-6,12,14,18H,7-11H2,1-2H3,(H,19,21)(H,20,22). The van der Waals surface area contributed by atoms with E-state index in [0.29, 0.717) is 18.9 Å². The Bertz CT molecular complexity index is 505. The van der Waals surface area contributed by atoms with E-state index in [9.17, 15) is 9.59 Å². The number of rotatable bonds is 6. The van der Waals surface area contributed by atoms with Gasteiger partial charge in [-0.05, 0) is 43.1 Å². The van der Waals surface area contributed by atoms with Gasteiger partial charge in [-0.3, -0.25) is 9.59 Å². The molecule has 0 radical (unpaired) electrons. The molecular weight excluding hydrogens is 278 g/mol. The number of benzene rings is 1. The van der Waals surface area contributed by atoms with Crippen LogP contribution in [0.1, 0.15) is 32.3 Å². The molecule has 5 heteroatoms. The second kappa shape index (κ2) is 7.94. The Morgan fingerprint density at radius 3 is 2.59 bits per heavy atom. The highest BCUT2D eigenvalue weighted by Crippen LogP contribution is 2.13. The largest absolute Gasteiger partial charge is 0.352 e. The first-order valence-corrected chi connectivity index (χ1v) is 7.92. The lowest BCUT2D eigenvalue weighted by Crippen LogP contribution is -2.25. The van der Waals surface area contributed by atoms with Crippen molar-refractivity contribution in [2.75, 3.05) is 18.4 Å². The molecule has 0 spiro atoms. The molecule has 0 aromatic heterocycles. The van der Waals surface area contributed by atoms with Crippen molar-refractivity contribution in [1.29, 1.82) is 0 Å². The molecule has 22 heavy (non-hydrogen) atoms. The predicted molar refractivity (Wildman–Crippen MR) is 87.4 cm³/mol. The number of carbonyl (C=O) groups is 2. The summed E-state index contributed by atoms with van der Waals surface area (Å²) in [4.78, 5) is 23.5. The molecule has 1 saturated heterocycles. The Morgan fingerprint density at radius 2 is 2.00 bits per heavy atom. The van der Waals surface area contributed by atoms with E-state index >= 15 is 0 Å². The molecule has 2 amide bonds. The van der Waals surface area contributed by atoms with Crippen molar-refractivity contribution >= 4 is 17.5 Å². The molecule has 1 heterocycles. The SMILES string of the molecule is CC(C)C(=O)Nc1ccc(CNC(=O)CC2CCNC2)cc1. The maximum absolute atomic E-state index is 11.9. The smallest absolute Gasteiger partial charge is 0.226 e. The molecule has 0 aliphatic carbocycles. The first-order chi connectivity index (χ1) is 10.5. The molecule has 0 bridgehead atoms. The summed E-state index contributed by atoms with van der Waals surface area (Å²) in [5.74, 6) is 0.537. The van der Waals surface area contributed by atoms with Gasteiger partial charge < -0.3 is 16.0 Å². The van der Waals surface area contributed by atoms with Crippen LogP contribution in [0.15, 0.2) is 24.3 Å². The van der Waals surface area contributed by atoms with Crippen molar-refractivity contribution in [2.24, 2.45) is 11.8 Å². The minimum Gasteiger partial charge on any atom is -0.352 e. The molecule has 1 unspecified atom stereocenters. The fourth-order valence-corrected chi connectivity index (χ4v) is 2.42. The van der Waals surface area contributed by atoms with Gasteiger partial charge in [-0.25, -0.2) is 0 Å². The Balaban J connectivity index is 1.76. The van der Waals surface area contributed by atoms with Crippen molar-refractivity contribution in [1.82, 2.24) is 10.6 Å². The summed E-state index contributed by atoms with van der Waals surface area (Å²) in [6.07, 6.45) is 1.67. The van der Waals surface area contributed by atoms with Crippen molar-refractivity contribution in [3.8, 4) is 0 Å². The van der Waals surface area contributed by atoms with E-state index in [1.165, 1.54) is 0 Å². The van der Waals surface area contributed by atoms with E-state index in [2.05, 4.69) is 16.0 Å². The first kappa shape index (κ1) is 16.5. The number of hydrogen-bond acceptors (Lipinski definition) is 3. The zero-order valence-corrected chi connectivity index (χ0v) is 13.3. The third-order valence-corrected chi connectivity index (χ3v) is 3.87. The van der Waals surface area contributed by atoms with Gasteiger partial charge in [0, 0.05) is 24.6 Å². The van der Waals surface area contributed by atoms with Crippen LogP contribution in [0, 0.1) is 11.8 Å². The van der Waals surface area contributed by atoms with Gasteiger partial charge in [0.15, 0.2) is 0 Å². The van der Waals surface area contributed by atoms with Crippen molar-refractivity contribution in [2.45, 2.75) is 33.2 Å². The summed E-state index contributed by atoms with van der Waals surface area (Å²) in [6.45, 7) is 6.20. The first-order valence-electron chi connectivity index (χ1n) is 7.92. The number of amides is 2. The summed E-state index contributed by atoms with van der Waals surface area (Å²) in [5, 5.41) is 9.07. The molecule has 1 aromatic rings. The van der Waals surface area contributed by atoms with Crippen molar-refractivity contribution in [3.05, 3.63) is 29.8 Å². The molecule has 5 nitrogen and oxygen atoms in total. The van der Waals surface area contributed by atoms with Crippen LogP contribution in [0.5, 0.6) is 0 Å². The third-order valence-electron chi connectivity index (χ3n) is 3.87. The molecule has 2 rings (SSSR count). The summed E-state index contributed by atoms with van der Waals surface area (Å²) in [5.41, 5.74) is 1.81. The molecule has 1 aromatic carbocycles. The molecule has 1 aliphatic rings. The topological polar surface area (TPSA) is 70.2 Å². The van der Waals surface area contributed by atoms with Gasteiger partial charge in [0.1, 0.15) is 0 Å². The maximum atomic E-state index is 11.9. The fraction of sp³-hybridized carbons (Fsp3) is 0.529. The number of anilines is 1. The zero-order chi connectivity index (χ0) is 15.9. The van der Waals surface area contributed by atoms with E-state index in [-0.39, 0.29) is 17.7 Å². The average molecular weight is 303 g/mol. The number of hydrogen-bond donors (Lipinski definition) is 3. The summed E-state index contributed by atoms with van der Waals surface area (Å²) >= 11 is 0. The molecule has 1 fully saturated rings. The van der Waals surface area contributed by atoms with Crippen LogP contribution in [0.25, 0.3) is 0 Å². The van der Waals surface area contributed by atoms with Gasteiger partial charge in [0.05, 0.1) is 0 Å². The maximum Gasteiger partial charge on any atom is 0.226 e. The van der Waals surface area contributed by atoms with Crippen LogP contribution in [-0.4, -0.2) is 24.9 Å². The third kappa shape index (κ3) is 5.15. The molecular formula is C17H25N3O2. The Kier molecular flexibility index (Phi) is 5.95. The van der Waals surface area contributed by atoms with Crippen LogP contribution in [-0.2, 0) is 16.1 Å². The monoisotopic (exact) mass is 303 g/mol. The van der Waals surface area contributed by atoms with Gasteiger partial charge in [-0.2, -0.15) is 0 Å². The Labute approximate surface area is 131 Å². The van der Waals surface area contributed by atoms with E-state index in [4.69, 9.17) is 0 Å². The van der Waals surface area contributed by atoms with Crippen LogP contribution in [0.3, 0.4) is 0 Å². The Hall–Kier alpha value is -1.88. The summed E-state index contributed by atoms with van der Waals surface area (Å²) in [7, 11) is 0. The predicted octanol–water partition coefficient (Wildman–Crippen LogP) is 1.90. The fourth-order valence-electron chi connectivity index (χ4n) is 2.42. The highest BCUT2D eigenvalue weighted by molar-refractivity contribution is 5.92. The normalized spacial score (nSPS) is 17.5. The van der Waals surface area contributed by atoms with Crippen LogP contribution in [0.4, 0.5) is 5.69 Å². The quantitative estimate of drug-likeness (QED) is 0.751. The van der Waals surface area contributed by atoms with Gasteiger partial charge >= 0.3 is 0 Å². The lowest BCUT2D eigenvalue weighted by Gasteiger charge is -2.10. The lowest BCUT2D eigenvalue weighted by atomic mass is 10.0. The second-order valence-electron chi connectivity index (χ2n) is 6.18. The highest BCUT2D eigenvalue weighted by Gasteiger charge is 2.17. The van der Waals surface area contributed by atoms with Gasteiger partial charge in [0.2, 0.25) is 11.8 Å². The molecule has 1 aliphatic heterocycles. The number of carbonyl (C=O) groups excluding carboxylic acids is 2. The van der Waals surface area contributed by atoms with Crippen molar-refractivity contribution in [3.63, 3.8) is 0 Å². The molecule has 120 valence electrons. The molecule has 3 N–H and O–H groups in total. The van der Waals surface area contributed by atoms with Crippen LogP contribution < -0.4 is 16.0 Å². The van der Waals surface area contributed by atoms with E-state index in [0.717, 1.165) is 30.8 Å². The second-order valence-corrected chi connectivity index (χ2v) is 6.18. The highest BCUT2D eigenvalue weighted by atomic mass is 16.2. The van der Waals surface area contributed by atoms with E-state index in [1.54, 1.807) is 0 Å². The van der Waals surface area contributed by atoms with Crippen LogP contribution >= 0.6 is 0 Å². The van der Waals surface area contributed by atoms with Gasteiger partial charge in [-0.15, -0.1) is 0 Å². The minimum absolute atomic E-state index is 0.00576.